The van der Waals surface area contributed by atoms with E-state index in [0.29, 0.717) is 0 Å². The molecule has 1 rings (SSSR count). The van der Waals surface area contributed by atoms with Crippen molar-refractivity contribution in [2.45, 2.75) is 40.2 Å². The van der Waals surface area contributed by atoms with Gasteiger partial charge in [-0.15, -0.1) is 0 Å². The van der Waals surface area contributed by atoms with Crippen molar-refractivity contribution in [1.82, 2.24) is 0 Å². The standard InChI is InChI=1S/C14H19NO/c1-11(2)16-13-7-5-12(6-8-13)9-14(3,4)10-15/h5-8,11H,9H2,1-4H3. The van der Waals surface area contributed by atoms with E-state index in [4.69, 9.17) is 10.00 Å². The minimum atomic E-state index is -0.305. The van der Waals surface area contributed by atoms with Gasteiger partial charge in [0.15, 0.2) is 0 Å². The molecular weight excluding hydrogens is 198 g/mol. The van der Waals surface area contributed by atoms with Crippen LogP contribution in [0.1, 0.15) is 33.3 Å². The van der Waals surface area contributed by atoms with Gasteiger partial charge >= 0.3 is 0 Å². The fourth-order valence-corrected chi connectivity index (χ4v) is 1.51. The maximum absolute atomic E-state index is 8.95. The molecule has 0 aliphatic rings. The normalized spacial score (nSPS) is 11.2. The number of rotatable bonds is 4. The number of hydrogen-bond acceptors (Lipinski definition) is 2. The van der Waals surface area contributed by atoms with E-state index in [2.05, 4.69) is 6.07 Å². The van der Waals surface area contributed by atoms with E-state index in [1.165, 1.54) is 5.56 Å². The lowest BCUT2D eigenvalue weighted by molar-refractivity contribution is 0.242. The van der Waals surface area contributed by atoms with Crippen molar-refractivity contribution < 1.29 is 4.74 Å². The quantitative estimate of drug-likeness (QED) is 0.772. The Kier molecular flexibility index (Phi) is 3.95. The van der Waals surface area contributed by atoms with Gasteiger partial charge in [-0.25, -0.2) is 0 Å². The summed E-state index contributed by atoms with van der Waals surface area (Å²) in [6.45, 7) is 7.91. The molecule has 2 heteroatoms. The molecule has 86 valence electrons. The lowest BCUT2D eigenvalue weighted by Crippen LogP contribution is -2.11. The molecule has 0 atom stereocenters. The first-order valence-corrected chi connectivity index (χ1v) is 5.60. The minimum Gasteiger partial charge on any atom is -0.491 e. The third-order valence-electron chi connectivity index (χ3n) is 2.24. The predicted molar refractivity (Wildman–Crippen MR) is 65.3 cm³/mol. The fourth-order valence-electron chi connectivity index (χ4n) is 1.51. The van der Waals surface area contributed by atoms with Crippen LogP contribution in [0.3, 0.4) is 0 Å². The molecule has 0 heterocycles. The van der Waals surface area contributed by atoms with E-state index in [-0.39, 0.29) is 11.5 Å². The van der Waals surface area contributed by atoms with Gasteiger partial charge in [0, 0.05) is 0 Å². The summed E-state index contributed by atoms with van der Waals surface area (Å²) >= 11 is 0. The molecule has 1 aromatic rings. The molecule has 0 amide bonds. The SMILES string of the molecule is CC(C)Oc1ccc(CC(C)(C)C#N)cc1. The van der Waals surface area contributed by atoms with E-state index in [9.17, 15) is 0 Å². The maximum atomic E-state index is 8.95. The van der Waals surface area contributed by atoms with Gasteiger partial charge in [-0.05, 0) is 51.8 Å². The van der Waals surface area contributed by atoms with Crippen molar-refractivity contribution in [2.24, 2.45) is 5.41 Å². The van der Waals surface area contributed by atoms with Crippen LogP contribution < -0.4 is 4.74 Å². The molecule has 0 aromatic heterocycles. The van der Waals surface area contributed by atoms with Crippen molar-refractivity contribution >= 4 is 0 Å². The van der Waals surface area contributed by atoms with Gasteiger partial charge in [0.25, 0.3) is 0 Å². The van der Waals surface area contributed by atoms with Gasteiger partial charge in [-0.2, -0.15) is 5.26 Å². The monoisotopic (exact) mass is 217 g/mol. The lowest BCUT2D eigenvalue weighted by Gasteiger charge is -2.15. The molecule has 0 fully saturated rings. The van der Waals surface area contributed by atoms with Crippen molar-refractivity contribution in [3.8, 4) is 11.8 Å². The highest BCUT2D eigenvalue weighted by atomic mass is 16.5. The van der Waals surface area contributed by atoms with Crippen molar-refractivity contribution in [1.29, 1.82) is 5.26 Å². The summed E-state index contributed by atoms with van der Waals surface area (Å²) in [6, 6.07) is 10.3. The number of hydrogen-bond donors (Lipinski definition) is 0. The molecule has 2 nitrogen and oxygen atoms in total. The van der Waals surface area contributed by atoms with Crippen LogP contribution in [0.4, 0.5) is 0 Å². The summed E-state index contributed by atoms with van der Waals surface area (Å²) in [5.74, 6) is 0.883. The number of benzene rings is 1. The topological polar surface area (TPSA) is 33.0 Å². The highest BCUT2D eigenvalue weighted by Crippen LogP contribution is 2.22. The Hall–Kier alpha value is -1.49. The Morgan fingerprint density at radius 3 is 2.25 bits per heavy atom. The Morgan fingerprint density at radius 2 is 1.81 bits per heavy atom. The molecule has 1 aromatic carbocycles. The Balaban J connectivity index is 2.69. The zero-order valence-electron chi connectivity index (χ0n) is 10.4. The first kappa shape index (κ1) is 12.6. The molecule has 0 unspecified atom stereocenters. The second kappa shape index (κ2) is 5.03. The van der Waals surface area contributed by atoms with Crippen LogP contribution >= 0.6 is 0 Å². The molecule has 0 saturated carbocycles. The minimum absolute atomic E-state index is 0.196. The predicted octanol–water partition coefficient (Wildman–Crippen LogP) is 3.57. The summed E-state index contributed by atoms with van der Waals surface area (Å²) in [4.78, 5) is 0. The molecule has 0 radical (unpaired) electrons. The van der Waals surface area contributed by atoms with Gasteiger partial charge in [0.05, 0.1) is 17.6 Å². The van der Waals surface area contributed by atoms with Crippen LogP contribution in [0, 0.1) is 16.7 Å². The Labute approximate surface area is 97.9 Å². The summed E-state index contributed by atoms with van der Waals surface area (Å²) < 4.78 is 5.56. The Bertz CT molecular complexity index is 371. The maximum Gasteiger partial charge on any atom is 0.119 e. The smallest absolute Gasteiger partial charge is 0.119 e. The molecular formula is C14H19NO. The first-order chi connectivity index (χ1) is 7.43. The van der Waals surface area contributed by atoms with E-state index in [0.717, 1.165) is 12.2 Å². The average Bonchev–Trinajstić information content (AvgIpc) is 2.20. The largest absolute Gasteiger partial charge is 0.491 e. The fraction of sp³-hybridized carbons (Fsp3) is 0.500. The highest BCUT2D eigenvalue weighted by Gasteiger charge is 2.17. The summed E-state index contributed by atoms with van der Waals surface area (Å²) in [5.41, 5.74) is 0.864. The molecule has 16 heavy (non-hydrogen) atoms. The van der Waals surface area contributed by atoms with Crippen LogP contribution in [0.2, 0.25) is 0 Å². The van der Waals surface area contributed by atoms with E-state index in [1.807, 2.05) is 52.0 Å². The average molecular weight is 217 g/mol. The van der Waals surface area contributed by atoms with Crippen molar-refractivity contribution in [3.63, 3.8) is 0 Å². The molecule has 0 N–H and O–H groups in total. The van der Waals surface area contributed by atoms with Crippen LogP contribution in [0.15, 0.2) is 24.3 Å². The summed E-state index contributed by atoms with van der Waals surface area (Å²) in [7, 11) is 0. The Morgan fingerprint density at radius 1 is 1.25 bits per heavy atom. The highest BCUT2D eigenvalue weighted by molar-refractivity contribution is 5.28. The van der Waals surface area contributed by atoms with E-state index in [1.54, 1.807) is 0 Å². The van der Waals surface area contributed by atoms with Crippen LogP contribution in [-0.4, -0.2) is 6.10 Å². The summed E-state index contributed by atoms with van der Waals surface area (Å²) in [5, 5.41) is 8.95. The number of ether oxygens (including phenoxy) is 1. The lowest BCUT2D eigenvalue weighted by atomic mass is 9.87. The van der Waals surface area contributed by atoms with E-state index < -0.39 is 0 Å². The second-order valence-corrected chi connectivity index (χ2v) is 4.98. The van der Waals surface area contributed by atoms with Gasteiger partial charge in [0.1, 0.15) is 5.75 Å². The summed E-state index contributed by atoms with van der Waals surface area (Å²) in [6.07, 6.45) is 0.965. The van der Waals surface area contributed by atoms with Crippen molar-refractivity contribution in [2.75, 3.05) is 0 Å². The van der Waals surface area contributed by atoms with Crippen LogP contribution in [0.25, 0.3) is 0 Å². The van der Waals surface area contributed by atoms with Crippen LogP contribution in [0.5, 0.6) is 5.75 Å². The van der Waals surface area contributed by atoms with Gasteiger partial charge in [0.2, 0.25) is 0 Å². The van der Waals surface area contributed by atoms with Crippen molar-refractivity contribution in [3.05, 3.63) is 29.8 Å². The van der Waals surface area contributed by atoms with Gasteiger partial charge in [-0.1, -0.05) is 12.1 Å². The molecule has 0 spiro atoms. The van der Waals surface area contributed by atoms with Gasteiger partial charge in [-0.3, -0.25) is 0 Å². The zero-order valence-corrected chi connectivity index (χ0v) is 10.4. The molecule has 0 aliphatic heterocycles. The molecule has 0 bridgehead atoms. The molecule has 0 aliphatic carbocycles. The second-order valence-electron chi connectivity index (χ2n) is 4.98. The van der Waals surface area contributed by atoms with Gasteiger partial charge < -0.3 is 4.74 Å². The third kappa shape index (κ3) is 3.94. The number of nitriles is 1. The zero-order chi connectivity index (χ0) is 12.2. The van der Waals surface area contributed by atoms with Crippen LogP contribution in [-0.2, 0) is 6.42 Å². The molecule has 0 saturated heterocycles. The first-order valence-electron chi connectivity index (χ1n) is 5.60. The third-order valence-corrected chi connectivity index (χ3v) is 2.24. The number of nitrogens with zero attached hydrogens (tertiary/aromatic N) is 1. The van der Waals surface area contributed by atoms with E-state index >= 15 is 0 Å².